The van der Waals surface area contributed by atoms with Crippen LogP contribution in [-0.2, 0) is 6.42 Å². The molecule has 4 nitrogen and oxygen atoms in total. The molecule has 0 aliphatic carbocycles. The summed E-state index contributed by atoms with van der Waals surface area (Å²) in [7, 11) is 0. The van der Waals surface area contributed by atoms with Crippen LogP contribution in [0.4, 0.5) is 4.39 Å². The fraction of sp³-hybridized carbons (Fsp3) is 0.429. The molecule has 0 saturated heterocycles. The number of nitrogens with one attached hydrogen (secondary N) is 1. The number of benzene rings is 1. The van der Waals surface area contributed by atoms with Crippen LogP contribution in [0, 0.1) is 5.82 Å². The molecule has 0 unspecified atom stereocenters. The van der Waals surface area contributed by atoms with E-state index in [9.17, 15) is 4.39 Å². The van der Waals surface area contributed by atoms with Crippen LogP contribution in [0.1, 0.15) is 26.7 Å². The van der Waals surface area contributed by atoms with E-state index in [0.29, 0.717) is 18.9 Å². The zero-order valence-corrected chi connectivity index (χ0v) is 12.5. The van der Waals surface area contributed by atoms with Gasteiger partial charge in [-0.05, 0) is 32.9 Å². The minimum atomic E-state index is -0.544. The van der Waals surface area contributed by atoms with E-state index in [2.05, 4.69) is 36.3 Å². The lowest BCUT2D eigenvalue weighted by Gasteiger charge is -2.19. The van der Waals surface area contributed by atoms with Crippen LogP contribution in [0.15, 0.2) is 22.6 Å². The first-order chi connectivity index (χ1) is 9.37. The van der Waals surface area contributed by atoms with E-state index in [-0.39, 0.29) is 22.0 Å². The van der Waals surface area contributed by atoms with Gasteiger partial charge < -0.3 is 9.73 Å². The molecule has 0 bridgehead atoms. The molecule has 2 aromatic rings. The Morgan fingerprint density at radius 1 is 1.30 bits per heavy atom. The zero-order valence-electron chi connectivity index (χ0n) is 11.7. The molecule has 0 amide bonds. The molecule has 1 aromatic carbocycles. The molecule has 1 heterocycles. The molecule has 2 rings (SSSR count). The molecular weight excluding hydrogens is 281 g/mol. The van der Waals surface area contributed by atoms with Gasteiger partial charge in [-0.25, -0.2) is 4.39 Å². The summed E-state index contributed by atoms with van der Waals surface area (Å²) in [6.07, 6.45) is 0.590. The maximum Gasteiger partial charge on any atom is 0.250 e. The van der Waals surface area contributed by atoms with Crippen molar-refractivity contribution in [1.29, 1.82) is 0 Å². The SMILES string of the molecule is CC(C)(C)NCCc1nnc(-c2cccc(Cl)c2F)o1. The first-order valence-corrected chi connectivity index (χ1v) is 6.76. The second kappa shape index (κ2) is 5.89. The first kappa shape index (κ1) is 14.9. The average Bonchev–Trinajstić information content (AvgIpc) is 2.79. The van der Waals surface area contributed by atoms with Crippen molar-refractivity contribution in [2.75, 3.05) is 6.54 Å². The lowest BCUT2D eigenvalue weighted by atomic mass is 10.1. The summed E-state index contributed by atoms with van der Waals surface area (Å²) in [4.78, 5) is 0. The topological polar surface area (TPSA) is 51.0 Å². The van der Waals surface area contributed by atoms with Gasteiger partial charge in [0.1, 0.15) is 0 Å². The van der Waals surface area contributed by atoms with Crippen LogP contribution in [0.3, 0.4) is 0 Å². The van der Waals surface area contributed by atoms with Crippen LogP contribution >= 0.6 is 11.6 Å². The van der Waals surface area contributed by atoms with E-state index in [0.717, 1.165) is 0 Å². The van der Waals surface area contributed by atoms with E-state index in [1.54, 1.807) is 12.1 Å². The van der Waals surface area contributed by atoms with Gasteiger partial charge in [-0.1, -0.05) is 17.7 Å². The van der Waals surface area contributed by atoms with Crippen molar-refractivity contribution in [2.45, 2.75) is 32.7 Å². The predicted octanol–water partition coefficient (Wildman–Crippen LogP) is 3.46. The number of hydrogen-bond acceptors (Lipinski definition) is 4. The molecule has 6 heteroatoms. The van der Waals surface area contributed by atoms with Gasteiger partial charge in [0.15, 0.2) is 5.82 Å². The van der Waals surface area contributed by atoms with Crippen LogP contribution in [0.25, 0.3) is 11.5 Å². The molecule has 20 heavy (non-hydrogen) atoms. The molecule has 0 fully saturated rings. The largest absolute Gasteiger partial charge is 0.421 e. The molecular formula is C14H17ClFN3O. The molecule has 0 spiro atoms. The fourth-order valence-electron chi connectivity index (χ4n) is 1.68. The lowest BCUT2D eigenvalue weighted by molar-refractivity contribution is 0.411. The van der Waals surface area contributed by atoms with E-state index >= 15 is 0 Å². The van der Waals surface area contributed by atoms with Crippen molar-refractivity contribution in [3.63, 3.8) is 0 Å². The lowest BCUT2D eigenvalue weighted by Crippen LogP contribution is -2.37. The smallest absolute Gasteiger partial charge is 0.250 e. The summed E-state index contributed by atoms with van der Waals surface area (Å²) >= 11 is 5.73. The maximum atomic E-state index is 13.8. The Balaban J connectivity index is 2.07. The normalized spacial score (nSPS) is 11.8. The summed E-state index contributed by atoms with van der Waals surface area (Å²) in [5, 5.41) is 11.1. The van der Waals surface area contributed by atoms with Gasteiger partial charge in [0, 0.05) is 18.5 Å². The first-order valence-electron chi connectivity index (χ1n) is 6.38. The number of halogens is 2. The van der Waals surface area contributed by atoms with Gasteiger partial charge in [0.05, 0.1) is 10.6 Å². The van der Waals surface area contributed by atoms with Gasteiger partial charge in [-0.15, -0.1) is 10.2 Å². The van der Waals surface area contributed by atoms with Crippen LogP contribution in [0.2, 0.25) is 5.02 Å². The van der Waals surface area contributed by atoms with Gasteiger partial charge in [0.2, 0.25) is 5.89 Å². The van der Waals surface area contributed by atoms with Crippen LogP contribution in [0.5, 0.6) is 0 Å². The molecule has 0 radical (unpaired) electrons. The van der Waals surface area contributed by atoms with Crippen LogP contribution < -0.4 is 5.32 Å². The summed E-state index contributed by atoms with van der Waals surface area (Å²) in [5.41, 5.74) is 0.252. The predicted molar refractivity (Wildman–Crippen MR) is 76.2 cm³/mol. The number of aromatic nitrogens is 2. The third-order valence-electron chi connectivity index (χ3n) is 2.64. The van der Waals surface area contributed by atoms with Crippen molar-refractivity contribution < 1.29 is 8.81 Å². The third-order valence-corrected chi connectivity index (χ3v) is 2.93. The number of rotatable bonds is 4. The Hall–Kier alpha value is -1.46. The highest BCUT2D eigenvalue weighted by atomic mass is 35.5. The van der Waals surface area contributed by atoms with Crippen molar-refractivity contribution in [2.24, 2.45) is 0 Å². The van der Waals surface area contributed by atoms with E-state index in [1.807, 2.05) is 0 Å². The summed E-state index contributed by atoms with van der Waals surface area (Å²) in [6, 6.07) is 4.68. The molecule has 0 atom stereocenters. The summed E-state index contributed by atoms with van der Waals surface area (Å²) < 4.78 is 19.3. The highest BCUT2D eigenvalue weighted by Gasteiger charge is 2.15. The highest BCUT2D eigenvalue weighted by Crippen LogP contribution is 2.26. The summed E-state index contributed by atoms with van der Waals surface area (Å²) in [5.74, 6) is 0.0732. The minimum Gasteiger partial charge on any atom is -0.421 e. The van der Waals surface area contributed by atoms with Gasteiger partial charge in [-0.3, -0.25) is 0 Å². The molecule has 1 N–H and O–H groups in total. The fourth-order valence-corrected chi connectivity index (χ4v) is 1.85. The Morgan fingerprint density at radius 2 is 2.05 bits per heavy atom. The molecule has 0 aliphatic heterocycles. The minimum absolute atomic E-state index is 0.0297. The third kappa shape index (κ3) is 3.77. The zero-order chi connectivity index (χ0) is 14.8. The quantitative estimate of drug-likeness (QED) is 0.939. The van der Waals surface area contributed by atoms with E-state index < -0.39 is 5.82 Å². The second-order valence-corrected chi connectivity index (χ2v) is 5.94. The number of hydrogen-bond donors (Lipinski definition) is 1. The molecule has 0 aliphatic rings. The van der Waals surface area contributed by atoms with Gasteiger partial charge in [0.25, 0.3) is 5.89 Å². The Bertz CT molecular complexity index is 592. The molecule has 1 aromatic heterocycles. The van der Waals surface area contributed by atoms with Crippen molar-refractivity contribution >= 4 is 11.6 Å². The van der Waals surface area contributed by atoms with Crippen LogP contribution in [-0.4, -0.2) is 22.3 Å². The monoisotopic (exact) mass is 297 g/mol. The van der Waals surface area contributed by atoms with Crippen molar-refractivity contribution in [1.82, 2.24) is 15.5 Å². The average molecular weight is 298 g/mol. The standard InChI is InChI=1S/C14H17ClFN3O/c1-14(2,3)17-8-7-11-18-19-13(20-11)9-5-4-6-10(15)12(9)16/h4-6,17H,7-8H2,1-3H3. The Kier molecular flexibility index (Phi) is 4.40. The second-order valence-electron chi connectivity index (χ2n) is 5.53. The maximum absolute atomic E-state index is 13.8. The summed E-state index contributed by atoms with van der Waals surface area (Å²) in [6.45, 7) is 6.94. The highest BCUT2D eigenvalue weighted by molar-refractivity contribution is 6.31. The Labute approximate surface area is 122 Å². The molecule has 0 saturated carbocycles. The van der Waals surface area contributed by atoms with E-state index in [1.165, 1.54) is 6.07 Å². The van der Waals surface area contributed by atoms with Gasteiger partial charge in [-0.2, -0.15) is 0 Å². The van der Waals surface area contributed by atoms with E-state index in [4.69, 9.17) is 16.0 Å². The molecule has 108 valence electrons. The number of nitrogens with zero attached hydrogens (tertiary/aromatic N) is 2. The van der Waals surface area contributed by atoms with Gasteiger partial charge >= 0.3 is 0 Å². The Morgan fingerprint density at radius 3 is 2.75 bits per heavy atom. The van der Waals surface area contributed by atoms with Crippen molar-refractivity contribution in [3.05, 3.63) is 34.9 Å². The van der Waals surface area contributed by atoms with Crippen molar-refractivity contribution in [3.8, 4) is 11.5 Å².